The Bertz CT molecular complexity index is 553. The van der Waals surface area contributed by atoms with Crippen molar-refractivity contribution in [2.45, 2.75) is 42.5 Å². The molecule has 0 spiro atoms. The molecule has 112 valence electrons. The quantitative estimate of drug-likeness (QED) is 0.677. The molecule has 2 aromatic carbocycles. The van der Waals surface area contributed by atoms with Crippen LogP contribution in [0, 0.1) is 0 Å². The molecule has 2 aromatic rings. The number of benzene rings is 2. The molecule has 0 bridgehead atoms. The van der Waals surface area contributed by atoms with Crippen LogP contribution in [-0.4, -0.2) is 6.54 Å². The van der Waals surface area contributed by atoms with Crippen LogP contribution in [0.4, 0.5) is 0 Å². The predicted molar refractivity (Wildman–Crippen MR) is 93.3 cm³/mol. The predicted octanol–water partition coefficient (Wildman–Crippen LogP) is 5.94. The van der Waals surface area contributed by atoms with Gasteiger partial charge in [0.1, 0.15) is 0 Å². The Kier molecular flexibility index (Phi) is 6.62. The fraction of sp³-hybridized carbons (Fsp3) is 0.333. The third-order valence-electron chi connectivity index (χ3n) is 3.36. The monoisotopic (exact) mass is 319 g/mol. The van der Waals surface area contributed by atoms with E-state index >= 15 is 0 Å². The molecule has 2 rings (SSSR count). The smallest absolute Gasteiger partial charge is 0.0417 e. The van der Waals surface area contributed by atoms with Crippen molar-refractivity contribution < 1.29 is 0 Å². The first-order valence-corrected chi connectivity index (χ1v) is 8.69. The number of hydrogen-bond acceptors (Lipinski definition) is 2. The van der Waals surface area contributed by atoms with E-state index in [4.69, 9.17) is 11.6 Å². The van der Waals surface area contributed by atoms with Crippen molar-refractivity contribution in [2.24, 2.45) is 0 Å². The molecule has 1 N–H and O–H groups in total. The van der Waals surface area contributed by atoms with E-state index in [0.717, 1.165) is 18.0 Å². The Morgan fingerprint density at radius 1 is 1.05 bits per heavy atom. The number of hydrogen-bond donors (Lipinski definition) is 1. The molecular weight excluding hydrogens is 298 g/mol. The summed E-state index contributed by atoms with van der Waals surface area (Å²) in [7, 11) is 0. The van der Waals surface area contributed by atoms with Gasteiger partial charge in [-0.3, -0.25) is 0 Å². The highest BCUT2D eigenvalue weighted by Gasteiger charge is 2.08. The summed E-state index contributed by atoms with van der Waals surface area (Å²) in [4.78, 5) is 2.41. The van der Waals surface area contributed by atoms with Gasteiger partial charge in [-0.15, -0.1) is 0 Å². The summed E-state index contributed by atoms with van der Waals surface area (Å²) in [5.41, 5.74) is 1.36. The van der Waals surface area contributed by atoms with Crippen molar-refractivity contribution in [1.82, 2.24) is 5.32 Å². The van der Waals surface area contributed by atoms with Gasteiger partial charge in [0.05, 0.1) is 0 Å². The Morgan fingerprint density at radius 3 is 2.43 bits per heavy atom. The molecule has 0 aliphatic heterocycles. The molecule has 1 unspecified atom stereocenters. The molecule has 0 saturated carbocycles. The van der Waals surface area contributed by atoms with Crippen LogP contribution in [0.3, 0.4) is 0 Å². The van der Waals surface area contributed by atoms with E-state index in [2.05, 4.69) is 49.5 Å². The topological polar surface area (TPSA) is 12.0 Å². The molecular formula is C18H22ClNS. The minimum atomic E-state index is 0.454. The zero-order valence-corrected chi connectivity index (χ0v) is 14.2. The highest BCUT2D eigenvalue weighted by molar-refractivity contribution is 7.99. The van der Waals surface area contributed by atoms with E-state index in [9.17, 15) is 0 Å². The Morgan fingerprint density at radius 2 is 1.81 bits per heavy atom. The first kappa shape index (κ1) is 16.4. The number of nitrogens with one attached hydrogen (secondary N) is 1. The van der Waals surface area contributed by atoms with E-state index in [1.54, 1.807) is 11.8 Å². The van der Waals surface area contributed by atoms with Crippen molar-refractivity contribution in [3.8, 4) is 0 Å². The summed E-state index contributed by atoms with van der Waals surface area (Å²) in [6.45, 7) is 5.49. The maximum atomic E-state index is 6.02. The Labute approximate surface area is 137 Å². The van der Waals surface area contributed by atoms with Gasteiger partial charge in [-0.2, -0.15) is 0 Å². The summed E-state index contributed by atoms with van der Waals surface area (Å²) in [5, 5.41) is 4.37. The SMILES string of the molecule is CCCNC(CC)c1ccc(Sc2cccc(Cl)c2)cc1. The van der Waals surface area contributed by atoms with Crippen LogP contribution in [0.2, 0.25) is 5.02 Å². The minimum absolute atomic E-state index is 0.454. The van der Waals surface area contributed by atoms with Gasteiger partial charge in [0.2, 0.25) is 0 Å². The molecule has 0 fully saturated rings. The Hall–Kier alpha value is -0.960. The standard InChI is InChI=1S/C18H22ClNS/c1-3-12-20-18(4-2)14-8-10-16(11-9-14)21-17-7-5-6-15(19)13-17/h5-11,13,18,20H,3-4,12H2,1-2H3. The zero-order chi connectivity index (χ0) is 15.1. The lowest BCUT2D eigenvalue weighted by Crippen LogP contribution is -2.21. The molecule has 0 heterocycles. The van der Waals surface area contributed by atoms with Crippen LogP contribution in [0.25, 0.3) is 0 Å². The molecule has 1 nitrogen and oxygen atoms in total. The third kappa shape index (κ3) is 5.06. The van der Waals surface area contributed by atoms with Crippen molar-refractivity contribution >= 4 is 23.4 Å². The summed E-state index contributed by atoms with van der Waals surface area (Å²) in [5.74, 6) is 0. The van der Waals surface area contributed by atoms with E-state index in [-0.39, 0.29) is 0 Å². The average molecular weight is 320 g/mol. The summed E-state index contributed by atoms with van der Waals surface area (Å²) < 4.78 is 0. The zero-order valence-electron chi connectivity index (χ0n) is 12.6. The van der Waals surface area contributed by atoms with Crippen molar-refractivity contribution in [3.63, 3.8) is 0 Å². The second kappa shape index (κ2) is 8.47. The lowest BCUT2D eigenvalue weighted by atomic mass is 10.0. The second-order valence-corrected chi connectivity index (χ2v) is 6.63. The average Bonchev–Trinajstić information content (AvgIpc) is 2.49. The summed E-state index contributed by atoms with van der Waals surface area (Å²) >= 11 is 7.77. The Balaban J connectivity index is 2.04. The first-order valence-electron chi connectivity index (χ1n) is 7.49. The summed E-state index contributed by atoms with van der Waals surface area (Å²) in [6.07, 6.45) is 2.28. The molecule has 1 atom stereocenters. The van der Waals surface area contributed by atoms with Gasteiger partial charge < -0.3 is 5.32 Å². The third-order valence-corrected chi connectivity index (χ3v) is 4.60. The van der Waals surface area contributed by atoms with Crippen LogP contribution in [-0.2, 0) is 0 Å². The molecule has 21 heavy (non-hydrogen) atoms. The fourth-order valence-corrected chi connectivity index (χ4v) is 3.38. The maximum absolute atomic E-state index is 6.02. The molecule has 0 radical (unpaired) electrons. The van der Waals surface area contributed by atoms with Crippen LogP contribution in [0.1, 0.15) is 38.3 Å². The van der Waals surface area contributed by atoms with Crippen molar-refractivity contribution in [3.05, 3.63) is 59.1 Å². The maximum Gasteiger partial charge on any atom is 0.0417 e. The number of halogens is 1. The van der Waals surface area contributed by atoms with Gasteiger partial charge in [-0.05, 0) is 55.3 Å². The summed E-state index contributed by atoms with van der Waals surface area (Å²) in [6, 6.07) is 17.3. The lowest BCUT2D eigenvalue weighted by Gasteiger charge is -2.17. The van der Waals surface area contributed by atoms with Gasteiger partial charge in [0.25, 0.3) is 0 Å². The van der Waals surface area contributed by atoms with Crippen LogP contribution >= 0.6 is 23.4 Å². The largest absolute Gasteiger partial charge is 0.310 e. The van der Waals surface area contributed by atoms with Gasteiger partial charge in [-0.1, -0.05) is 55.4 Å². The molecule has 0 aliphatic rings. The van der Waals surface area contributed by atoms with Crippen molar-refractivity contribution in [1.29, 1.82) is 0 Å². The minimum Gasteiger partial charge on any atom is -0.310 e. The van der Waals surface area contributed by atoms with Gasteiger partial charge in [0, 0.05) is 20.9 Å². The van der Waals surface area contributed by atoms with Gasteiger partial charge in [0.15, 0.2) is 0 Å². The van der Waals surface area contributed by atoms with Gasteiger partial charge in [-0.25, -0.2) is 0 Å². The first-order chi connectivity index (χ1) is 10.2. The lowest BCUT2D eigenvalue weighted by molar-refractivity contribution is 0.518. The second-order valence-electron chi connectivity index (χ2n) is 5.04. The van der Waals surface area contributed by atoms with Crippen LogP contribution in [0.5, 0.6) is 0 Å². The van der Waals surface area contributed by atoms with Crippen molar-refractivity contribution in [2.75, 3.05) is 6.54 Å². The molecule has 0 amide bonds. The number of rotatable bonds is 7. The molecule has 0 aliphatic carbocycles. The fourth-order valence-electron chi connectivity index (χ4n) is 2.25. The normalized spacial score (nSPS) is 12.3. The molecule has 3 heteroatoms. The molecule has 0 aromatic heterocycles. The van der Waals surface area contributed by atoms with E-state index in [1.165, 1.54) is 21.8 Å². The van der Waals surface area contributed by atoms with E-state index in [1.807, 2.05) is 18.2 Å². The van der Waals surface area contributed by atoms with E-state index in [0.29, 0.717) is 6.04 Å². The van der Waals surface area contributed by atoms with Gasteiger partial charge >= 0.3 is 0 Å². The highest BCUT2D eigenvalue weighted by atomic mass is 35.5. The van der Waals surface area contributed by atoms with Crippen LogP contribution in [0.15, 0.2) is 58.3 Å². The molecule has 0 saturated heterocycles. The highest BCUT2D eigenvalue weighted by Crippen LogP contribution is 2.30. The van der Waals surface area contributed by atoms with Crippen LogP contribution < -0.4 is 5.32 Å². The van der Waals surface area contributed by atoms with E-state index < -0.39 is 0 Å².